The lowest BCUT2D eigenvalue weighted by molar-refractivity contribution is -0.121. The number of hydrogen-bond acceptors (Lipinski definition) is 4. The van der Waals surface area contributed by atoms with Crippen LogP contribution in [0.4, 0.5) is 0 Å². The summed E-state index contributed by atoms with van der Waals surface area (Å²) in [6.45, 7) is 2.91. The third-order valence-electron chi connectivity index (χ3n) is 3.06. The molecular weight excluding hydrogens is 328 g/mol. The molecule has 1 aromatic carbocycles. The van der Waals surface area contributed by atoms with Crippen LogP contribution < -0.4 is 16.2 Å². The molecule has 0 bridgehead atoms. The summed E-state index contributed by atoms with van der Waals surface area (Å²) in [7, 11) is 0. The van der Waals surface area contributed by atoms with Crippen molar-refractivity contribution >= 4 is 34.6 Å². The van der Waals surface area contributed by atoms with Crippen LogP contribution in [-0.4, -0.2) is 22.5 Å². The highest BCUT2D eigenvalue weighted by Gasteiger charge is 2.09. The lowest BCUT2D eigenvalue weighted by atomic mass is 10.2. The number of thiocarbonyl (C=S) groups is 1. The fraction of sp³-hybridized carbons (Fsp3) is 0.312. The minimum absolute atomic E-state index is 0.168. The molecule has 0 aliphatic carbocycles. The summed E-state index contributed by atoms with van der Waals surface area (Å²) in [5, 5.41) is 6.18. The van der Waals surface area contributed by atoms with Gasteiger partial charge in [-0.1, -0.05) is 43.7 Å². The van der Waals surface area contributed by atoms with E-state index in [9.17, 15) is 4.79 Å². The Balaban J connectivity index is 1.78. The molecule has 0 radical (unpaired) electrons. The average molecular weight is 348 g/mol. The van der Waals surface area contributed by atoms with Gasteiger partial charge in [-0.05, 0) is 18.6 Å². The van der Waals surface area contributed by atoms with Crippen molar-refractivity contribution in [2.45, 2.75) is 26.2 Å². The second-order valence-electron chi connectivity index (χ2n) is 4.95. The molecule has 122 valence electrons. The Hall–Kier alpha value is -1.99. The minimum atomic E-state index is -0.168. The molecule has 0 fully saturated rings. The van der Waals surface area contributed by atoms with Gasteiger partial charge < -0.3 is 5.32 Å². The monoisotopic (exact) mass is 348 g/mol. The van der Waals surface area contributed by atoms with Gasteiger partial charge in [0.1, 0.15) is 5.01 Å². The Labute approximate surface area is 145 Å². The second-order valence-corrected chi connectivity index (χ2v) is 6.30. The van der Waals surface area contributed by atoms with Crippen LogP contribution in [0.2, 0.25) is 0 Å². The summed E-state index contributed by atoms with van der Waals surface area (Å²) >= 11 is 6.54. The molecule has 1 amide bonds. The first-order valence-corrected chi connectivity index (χ1v) is 8.80. The molecule has 2 rings (SSSR count). The van der Waals surface area contributed by atoms with Gasteiger partial charge >= 0.3 is 0 Å². The Morgan fingerprint density at radius 3 is 2.78 bits per heavy atom. The average Bonchev–Trinajstić information content (AvgIpc) is 3.02. The van der Waals surface area contributed by atoms with Gasteiger partial charge in [-0.25, -0.2) is 4.98 Å². The fourth-order valence-electron chi connectivity index (χ4n) is 1.86. The first-order valence-electron chi connectivity index (χ1n) is 7.51. The number of nitrogens with zero attached hydrogens (tertiary/aromatic N) is 1. The molecule has 2 aromatic rings. The van der Waals surface area contributed by atoms with Crippen molar-refractivity contribution < 1.29 is 4.79 Å². The van der Waals surface area contributed by atoms with E-state index in [4.69, 9.17) is 12.2 Å². The molecule has 0 aliphatic rings. The molecular formula is C16H20N4OS2. The molecule has 7 heteroatoms. The molecule has 3 N–H and O–H groups in total. The summed E-state index contributed by atoms with van der Waals surface area (Å²) in [5.41, 5.74) is 7.22. The van der Waals surface area contributed by atoms with Gasteiger partial charge in [-0.2, -0.15) is 0 Å². The van der Waals surface area contributed by atoms with E-state index in [-0.39, 0.29) is 12.3 Å². The molecule has 0 unspecified atom stereocenters. The Bertz CT molecular complexity index is 643. The van der Waals surface area contributed by atoms with E-state index in [0.717, 1.165) is 35.7 Å². The van der Waals surface area contributed by atoms with Crippen LogP contribution >= 0.6 is 23.6 Å². The van der Waals surface area contributed by atoms with Crippen molar-refractivity contribution in [3.63, 3.8) is 0 Å². The summed E-state index contributed by atoms with van der Waals surface area (Å²) in [5.74, 6) is -0.168. The van der Waals surface area contributed by atoms with E-state index in [1.807, 2.05) is 35.7 Å². The van der Waals surface area contributed by atoms with Crippen LogP contribution in [0.5, 0.6) is 0 Å². The lowest BCUT2D eigenvalue weighted by Gasteiger charge is -2.10. The van der Waals surface area contributed by atoms with Crippen LogP contribution in [0.15, 0.2) is 35.7 Å². The van der Waals surface area contributed by atoms with Gasteiger partial charge in [0.05, 0.1) is 12.1 Å². The molecule has 0 saturated carbocycles. The van der Waals surface area contributed by atoms with E-state index < -0.39 is 0 Å². The van der Waals surface area contributed by atoms with Gasteiger partial charge in [0.25, 0.3) is 0 Å². The highest BCUT2D eigenvalue weighted by Crippen LogP contribution is 2.21. The zero-order valence-corrected chi connectivity index (χ0v) is 14.6. The Morgan fingerprint density at radius 1 is 1.26 bits per heavy atom. The Kier molecular flexibility index (Phi) is 6.96. The van der Waals surface area contributed by atoms with Crippen molar-refractivity contribution in [2.75, 3.05) is 6.54 Å². The van der Waals surface area contributed by atoms with Crippen molar-refractivity contribution in [3.05, 3.63) is 40.7 Å². The number of carbonyl (C=O) groups excluding carboxylic acids is 1. The zero-order chi connectivity index (χ0) is 16.5. The molecule has 1 aromatic heterocycles. The van der Waals surface area contributed by atoms with E-state index in [1.54, 1.807) is 0 Å². The number of nitrogens with one attached hydrogen (secondary N) is 3. The summed E-state index contributed by atoms with van der Waals surface area (Å²) < 4.78 is 0. The van der Waals surface area contributed by atoms with Crippen LogP contribution in [0.25, 0.3) is 11.3 Å². The van der Waals surface area contributed by atoms with Crippen molar-refractivity contribution in [1.82, 2.24) is 21.2 Å². The zero-order valence-electron chi connectivity index (χ0n) is 13.0. The largest absolute Gasteiger partial charge is 0.361 e. The highest BCUT2D eigenvalue weighted by atomic mass is 32.1. The van der Waals surface area contributed by atoms with Crippen LogP contribution in [0.1, 0.15) is 24.8 Å². The van der Waals surface area contributed by atoms with Crippen LogP contribution in [-0.2, 0) is 11.2 Å². The lowest BCUT2D eigenvalue weighted by Crippen LogP contribution is -2.47. The molecule has 0 spiro atoms. The third-order valence-corrected chi connectivity index (χ3v) is 4.16. The van der Waals surface area contributed by atoms with Crippen molar-refractivity contribution in [2.24, 2.45) is 0 Å². The second kappa shape index (κ2) is 9.22. The smallest absolute Gasteiger partial charge is 0.245 e. The summed E-state index contributed by atoms with van der Waals surface area (Å²) in [6, 6.07) is 9.91. The third kappa shape index (κ3) is 5.96. The number of amides is 1. The molecule has 0 saturated heterocycles. The van der Waals surface area contributed by atoms with Gasteiger partial charge in [0.2, 0.25) is 5.91 Å². The number of thiazole rings is 1. The van der Waals surface area contributed by atoms with Gasteiger partial charge in [0.15, 0.2) is 5.11 Å². The van der Waals surface area contributed by atoms with Gasteiger partial charge in [-0.3, -0.25) is 15.6 Å². The molecule has 0 atom stereocenters. The first kappa shape index (κ1) is 17.4. The molecule has 23 heavy (non-hydrogen) atoms. The SMILES string of the molecule is CCCCNC(=S)NNC(=O)Cc1nc(-c2ccccc2)cs1. The number of rotatable bonds is 6. The number of benzene rings is 1. The topological polar surface area (TPSA) is 66.0 Å². The van der Waals surface area contributed by atoms with Crippen molar-refractivity contribution in [3.8, 4) is 11.3 Å². The molecule has 0 aliphatic heterocycles. The molecule has 1 heterocycles. The van der Waals surface area contributed by atoms with Gasteiger partial charge in [-0.15, -0.1) is 11.3 Å². The maximum atomic E-state index is 11.9. The van der Waals surface area contributed by atoms with E-state index in [2.05, 4.69) is 28.1 Å². The number of unbranched alkanes of at least 4 members (excludes halogenated alkanes) is 1. The highest BCUT2D eigenvalue weighted by molar-refractivity contribution is 7.80. The predicted octanol–water partition coefficient (Wildman–Crippen LogP) is 2.65. The first-order chi connectivity index (χ1) is 11.2. The maximum Gasteiger partial charge on any atom is 0.245 e. The van der Waals surface area contributed by atoms with Crippen molar-refractivity contribution in [1.29, 1.82) is 0 Å². The van der Waals surface area contributed by atoms with E-state index >= 15 is 0 Å². The summed E-state index contributed by atoms with van der Waals surface area (Å²) in [4.78, 5) is 16.4. The predicted molar refractivity (Wildman–Crippen MR) is 98.0 cm³/mol. The number of hydrazine groups is 1. The van der Waals surface area contributed by atoms with Crippen LogP contribution in [0, 0.1) is 0 Å². The Morgan fingerprint density at radius 2 is 2.04 bits per heavy atom. The minimum Gasteiger partial charge on any atom is -0.361 e. The maximum absolute atomic E-state index is 11.9. The van der Waals surface area contributed by atoms with E-state index in [0.29, 0.717) is 5.11 Å². The number of aromatic nitrogens is 1. The number of carbonyl (C=O) groups is 1. The van der Waals surface area contributed by atoms with Crippen LogP contribution in [0.3, 0.4) is 0 Å². The normalized spacial score (nSPS) is 10.1. The standard InChI is InChI=1S/C16H20N4OS2/c1-2-3-9-17-16(22)20-19-14(21)10-15-18-13(11-23-15)12-7-5-4-6-8-12/h4-8,11H,2-3,9-10H2,1H3,(H,19,21)(H2,17,20,22). The van der Waals surface area contributed by atoms with Gasteiger partial charge in [0, 0.05) is 17.5 Å². The molecule has 5 nitrogen and oxygen atoms in total. The summed E-state index contributed by atoms with van der Waals surface area (Å²) in [6.07, 6.45) is 2.36. The number of hydrogen-bond donors (Lipinski definition) is 3. The fourth-order valence-corrected chi connectivity index (χ4v) is 2.82. The quantitative estimate of drug-likeness (QED) is 0.425. The van der Waals surface area contributed by atoms with E-state index in [1.165, 1.54) is 11.3 Å².